The fourth-order valence-electron chi connectivity index (χ4n) is 1.60. The van der Waals surface area contributed by atoms with E-state index in [0.29, 0.717) is 19.7 Å². The molecule has 0 aliphatic rings. The predicted octanol–water partition coefficient (Wildman–Crippen LogP) is 0.809. The van der Waals surface area contributed by atoms with Crippen LogP contribution in [0.1, 0.15) is 6.92 Å². The van der Waals surface area contributed by atoms with Gasteiger partial charge in [-0.15, -0.1) is 0 Å². The van der Waals surface area contributed by atoms with Crippen molar-refractivity contribution in [2.45, 2.75) is 6.92 Å². The molecule has 4 N–H and O–H groups in total. The number of nitrogens with zero attached hydrogens (tertiary/aromatic N) is 1. The molecule has 0 aromatic heterocycles. The van der Waals surface area contributed by atoms with E-state index in [2.05, 4.69) is 4.90 Å². The maximum absolute atomic E-state index is 5.57. The minimum absolute atomic E-state index is 0.632. The average Bonchev–Trinajstić information content (AvgIpc) is 2.30. The van der Waals surface area contributed by atoms with Crippen LogP contribution in [0.2, 0.25) is 0 Å². The topological polar surface area (TPSA) is 64.5 Å². The molecule has 0 aliphatic carbocycles. The Labute approximate surface area is 97.2 Å². The SMILES string of the molecule is CCOc1ccc(N(CCN)CCN)cc1. The maximum Gasteiger partial charge on any atom is 0.119 e. The lowest BCUT2D eigenvalue weighted by molar-refractivity contribution is 0.340. The molecule has 4 heteroatoms. The lowest BCUT2D eigenvalue weighted by Gasteiger charge is -2.23. The number of anilines is 1. The second kappa shape index (κ2) is 7.09. The summed E-state index contributed by atoms with van der Waals surface area (Å²) < 4.78 is 5.39. The van der Waals surface area contributed by atoms with Crippen molar-refractivity contribution in [3.05, 3.63) is 24.3 Å². The zero-order chi connectivity index (χ0) is 11.8. The molecule has 90 valence electrons. The van der Waals surface area contributed by atoms with Crippen LogP contribution in [0, 0.1) is 0 Å². The molecule has 0 saturated heterocycles. The van der Waals surface area contributed by atoms with Gasteiger partial charge in [-0.1, -0.05) is 0 Å². The Morgan fingerprint density at radius 1 is 1.06 bits per heavy atom. The van der Waals surface area contributed by atoms with Crippen molar-refractivity contribution in [3.63, 3.8) is 0 Å². The highest BCUT2D eigenvalue weighted by atomic mass is 16.5. The fraction of sp³-hybridized carbons (Fsp3) is 0.500. The molecule has 4 nitrogen and oxygen atoms in total. The summed E-state index contributed by atoms with van der Waals surface area (Å²) in [6.07, 6.45) is 0. The summed E-state index contributed by atoms with van der Waals surface area (Å²) in [6.45, 7) is 5.58. The highest BCUT2D eigenvalue weighted by molar-refractivity contribution is 5.49. The highest BCUT2D eigenvalue weighted by Crippen LogP contribution is 2.18. The van der Waals surface area contributed by atoms with Crippen molar-refractivity contribution in [1.29, 1.82) is 0 Å². The molecule has 0 aliphatic heterocycles. The lowest BCUT2D eigenvalue weighted by atomic mass is 10.2. The molecule has 16 heavy (non-hydrogen) atoms. The van der Waals surface area contributed by atoms with Crippen molar-refractivity contribution >= 4 is 5.69 Å². The second-order valence-electron chi connectivity index (χ2n) is 3.49. The molecule has 0 spiro atoms. The largest absolute Gasteiger partial charge is 0.494 e. The number of hydrogen-bond donors (Lipinski definition) is 2. The van der Waals surface area contributed by atoms with Crippen molar-refractivity contribution in [3.8, 4) is 5.75 Å². The van der Waals surface area contributed by atoms with Gasteiger partial charge in [-0.2, -0.15) is 0 Å². The first-order chi connectivity index (χ1) is 7.81. The van der Waals surface area contributed by atoms with Crippen molar-refractivity contribution in [1.82, 2.24) is 0 Å². The Hall–Kier alpha value is -1.26. The molecule has 0 fully saturated rings. The van der Waals surface area contributed by atoms with E-state index in [9.17, 15) is 0 Å². The standard InChI is InChI=1S/C12H21N3O/c1-2-16-12-5-3-11(4-6-12)15(9-7-13)10-8-14/h3-6H,2,7-10,13-14H2,1H3. The Morgan fingerprint density at radius 3 is 2.06 bits per heavy atom. The number of benzene rings is 1. The van der Waals surface area contributed by atoms with E-state index in [1.54, 1.807) is 0 Å². The van der Waals surface area contributed by atoms with E-state index in [1.165, 1.54) is 0 Å². The number of hydrogen-bond acceptors (Lipinski definition) is 4. The molecule has 0 unspecified atom stereocenters. The number of ether oxygens (including phenoxy) is 1. The molecule has 0 bridgehead atoms. The summed E-state index contributed by atoms with van der Waals surface area (Å²) in [7, 11) is 0. The minimum atomic E-state index is 0.632. The highest BCUT2D eigenvalue weighted by Gasteiger charge is 2.04. The zero-order valence-electron chi connectivity index (χ0n) is 9.86. The summed E-state index contributed by atoms with van der Waals surface area (Å²) in [5, 5.41) is 0. The van der Waals surface area contributed by atoms with E-state index in [1.807, 2.05) is 31.2 Å². The molecule has 1 aromatic rings. The number of nitrogens with two attached hydrogens (primary N) is 2. The zero-order valence-corrected chi connectivity index (χ0v) is 9.86. The summed E-state index contributed by atoms with van der Waals surface area (Å²) in [6, 6.07) is 8.02. The van der Waals surface area contributed by atoms with Gasteiger partial charge < -0.3 is 21.1 Å². The van der Waals surface area contributed by atoms with E-state index < -0.39 is 0 Å². The van der Waals surface area contributed by atoms with Gasteiger partial charge in [0.1, 0.15) is 5.75 Å². The minimum Gasteiger partial charge on any atom is -0.494 e. The van der Waals surface area contributed by atoms with Gasteiger partial charge in [0.15, 0.2) is 0 Å². The van der Waals surface area contributed by atoms with Gasteiger partial charge in [0.05, 0.1) is 6.61 Å². The van der Waals surface area contributed by atoms with E-state index in [4.69, 9.17) is 16.2 Å². The van der Waals surface area contributed by atoms with Crippen LogP contribution in [0.15, 0.2) is 24.3 Å². The van der Waals surface area contributed by atoms with Gasteiger partial charge >= 0.3 is 0 Å². The molecule has 0 amide bonds. The van der Waals surface area contributed by atoms with Crippen molar-refractivity contribution < 1.29 is 4.74 Å². The van der Waals surface area contributed by atoms with E-state index in [-0.39, 0.29) is 0 Å². The normalized spacial score (nSPS) is 10.2. The monoisotopic (exact) mass is 223 g/mol. The third kappa shape index (κ3) is 3.72. The fourth-order valence-corrected chi connectivity index (χ4v) is 1.60. The first-order valence-electron chi connectivity index (χ1n) is 5.69. The van der Waals surface area contributed by atoms with Gasteiger partial charge in [-0.25, -0.2) is 0 Å². The van der Waals surface area contributed by atoms with E-state index in [0.717, 1.165) is 24.5 Å². The Balaban J connectivity index is 2.68. The van der Waals surface area contributed by atoms with Gasteiger partial charge in [0.25, 0.3) is 0 Å². The smallest absolute Gasteiger partial charge is 0.119 e. The third-order valence-corrected chi connectivity index (χ3v) is 2.31. The molecule has 0 saturated carbocycles. The van der Waals surface area contributed by atoms with Gasteiger partial charge in [-0.05, 0) is 31.2 Å². The van der Waals surface area contributed by atoms with Gasteiger partial charge in [0, 0.05) is 31.9 Å². The molecule has 0 heterocycles. The van der Waals surface area contributed by atoms with Crippen LogP contribution in [-0.2, 0) is 0 Å². The number of rotatable bonds is 7. The summed E-state index contributed by atoms with van der Waals surface area (Å²) >= 11 is 0. The molecular weight excluding hydrogens is 202 g/mol. The first kappa shape index (κ1) is 12.8. The molecular formula is C12H21N3O. The lowest BCUT2D eigenvalue weighted by Crippen LogP contribution is -2.33. The molecule has 0 radical (unpaired) electrons. The van der Waals surface area contributed by atoms with Crippen LogP contribution >= 0.6 is 0 Å². The van der Waals surface area contributed by atoms with Crippen LogP contribution in [0.5, 0.6) is 5.75 Å². The van der Waals surface area contributed by atoms with Crippen LogP contribution in [-0.4, -0.2) is 32.8 Å². The Morgan fingerprint density at radius 2 is 1.62 bits per heavy atom. The molecule has 1 aromatic carbocycles. The van der Waals surface area contributed by atoms with Crippen molar-refractivity contribution in [2.24, 2.45) is 11.5 Å². The van der Waals surface area contributed by atoms with Crippen LogP contribution in [0.4, 0.5) is 5.69 Å². The quantitative estimate of drug-likeness (QED) is 0.718. The third-order valence-electron chi connectivity index (χ3n) is 2.31. The maximum atomic E-state index is 5.57. The Kier molecular flexibility index (Phi) is 5.67. The summed E-state index contributed by atoms with van der Waals surface area (Å²) in [4.78, 5) is 2.18. The van der Waals surface area contributed by atoms with Crippen LogP contribution in [0.3, 0.4) is 0 Å². The van der Waals surface area contributed by atoms with Gasteiger partial charge in [0.2, 0.25) is 0 Å². The molecule has 1 rings (SSSR count). The second-order valence-corrected chi connectivity index (χ2v) is 3.49. The average molecular weight is 223 g/mol. The summed E-state index contributed by atoms with van der Waals surface area (Å²) in [5.41, 5.74) is 12.3. The predicted molar refractivity (Wildman–Crippen MR) is 67.9 cm³/mol. The van der Waals surface area contributed by atoms with Gasteiger partial charge in [-0.3, -0.25) is 0 Å². The first-order valence-corrected chi connectivity index (χ1v) is 5.69. The van der Waals surface area contributed by atoms with Crippen LogP contribution in [0.25, 0.3) is 0 Å². The summed E-state index contributed by atoms with van der Waals surface area (Å²) in [5.74, 6) is 0.895. The Bertz CT molecular complexity index is 281. The van der Waals surface area contributed by atoms with Crippen LogP contribution < -0.4 is 21.1 Å². The van der Waals surface area contributed by atoms with Crippen molar-refractivity contribution in [2.75, 3.05) is 37.7 Å². The molecule has 0 atom stereocenters. The van der Waals surface area contributed by atoms with E-state index >= 15 is 0 Å².